The fourth-order valence-corrected chi connectivity index (χ4v) is 1.53. The van der Waals surface area contributed by atoms with E-state index in [1.165, 1.54) is 0 Å². The molecule has 0 saturated heterocycles. The molecular formula is C12H24NO5+. The molecule has 0 aromatic heterocycles. The van der Waals surface area contributed by atoms with Gasteiger partial charge in [0.2, 0.25) is 0 Å². The van der Waals surface area contributed by atoms with Crippen molar-refractivity contribution in [2.45, 2.75) is 25.9 Å². The van der Waals surface area contributed by atoms with E-state index in [0.29, 0.717) is 11.0 Å². The number of quaternary nitrogens is 1. The van der Waals surface area contributed by atoms with Gasteiger partial charge in [-0.05, 0) is 5.92 Å². The number of carbonyl (C=O) groups is 2. The number of carboxylic acid groups (broad SMARTS) is 1. The number of esters is 1. The third-order valence-electron chi connectivity index (χ3n) is 2.28. The van der Waals surface area contributed by atoms with Crippen LogP contribution in [0.25, 0.3) is 0 Å². The first kappa shape index (κ1) is 16.9. The summed E-state index contributed by atoms with van der Waals surface area (Å²) in [6, 6.07) is 0. The zero-order valence-corrected chi connectivity index (χ0v) is 11.5. The number of likely N-dealkylation sites (N-methyl/N-ethyl adjacent to an activating group) is 1. The van der Waals surface area contributed by atoms with Crippen molar-refractivity contribution in [3.8, 4) is 0 Å². The average molecular weight is 262 g/mol. The molecule has 0 unspecified atom stereocenters. The van der Waals surface area contributed by atoms with Crippen LogP contribution >= 0.6 is 0 Å². The van der Waals surface area contributed by atoms with Crippen LogP contribution in [0.3, 0.4) is 0 Å². The number of aliphatic carboxylic acids is 1. The van der Waals surface area contributed by atoms with Crippen molar-refractivity contribution < 1.29 is 29.0 Å². The number of aliphatic hydroxyl groups is 1. The lowest BCUT2D eigenvalue weighted by Gasteiger charge is -2.28. The Bertz CT molecular complexity index is 285. The van der Waals surface area contributed by atoms with E-state index in [-0.39, 0.29) is 25.4 Å². The van der Waals surface area contributed by atoms with Crippen LogP contribution in [0, 0.1) is 5.92 Å². The highest BCUT2D eigenvalue weighted by molar-refractivity contribution is 5.71. The standard InChI is InChI=1S/C12H23NO5/c1-9(8-14)5-12(17)18-10(6-11(15)16)7-13(2,3)4/h9-10,14H,5-8H2,1-4H3/p+1/t9-,10-/m0/s1. The Balaban J connectivity index is 4.40. The van der Waals surface area contributed by atoms with Crippen molar-refractivity contribution in [1.29, 1.82) is 0 Å². The van der Waals surface area contributed by atoms with Gasteiger partial charge in [0.1, 0.15) is 6.54 Å². The molecule has 0 aliphatic heterocycles. The monoisotopic (exact) mass is 262 g/mol. The summed E-state index contributed by atoms with van der Waals surface area (Å²) in [5, 5.41) is 17.6. The van der Waals surface area contributed by atoms with Crippen LogP contribution in [0.5, 0.6) is 0 Å². The molecule has 2 atom stereocenters. The van der Waals surface area contributed by atoms with E-state index in [2.05, 4.69) is 0 Å². The smallest absolute Gasteiger partial charge is 0.307 e. The Morgan fingerprint density at radius 2 is 1.78 bits per heavy atom. The van der Waals surface area contributed by atoms with Gasteiger partial charge in [-0.25, -0.2) is 0 Å². The number of carbonyl (C=O) groups excluding carboxylic acids is 1. The van der Waals surface area contributed by atoms with Gasteiger partial charge in [-0.3, -0.25) is 9.59 Å². The van der Waals surface area contributed by atoms with E-state index >= 15 is 0 Å². The number of nitrogens with zero attached hydrogens (tertiary/aromatic N) is 1. The molecule has 0 saturated carbocycles. The zero-order chi connectivity index (χ0) is 14.3. The lowest BCUT2D eigenvalue weighted by atomic mass is 10.1. The molecule has 2 N–H and O–H groups in total. The molecule has 0 aromatic carbocycles. The first-order valence-electron chi connectivity index (χ1n) is 5.96. The maximum atomic E-state index is 11.6. The van der Waals surface area contributed by atoms with E-state index < -0.39 is 18.0 Å². The Hall–Kier alpha value is -1.14. The van der Waals surface area contributed by atoms with Crippen molar-refractivity contribution in [2.75, 3.05) is 34.3 Å². The number of aliphatic hydroxyl groups excluding tert-OH is 1. The minimum absolute atomic E-state index is 0.0893. The summed E-state index contributed by atoms with van der Waals surface area (Å²) in [5.74, 6) is -1.63. The number of hydrogen-bond acceptors (Lipinski definition) is 4. The summed E-state index contributed by atoms with van der Waals surface area (Å²) >= 11 is 0. The van der Waals surface area contributed by atoms with Gasteiger partial charge in [-0.15, -0.1) is 0 Å². The highest BCUT2D eigenvalue weighted by Crippen LogP contribution is 2.09. The lowest BCUT2D eigenvalue weighted by Crippen LogP contribution is -2.43. The van der Waals surface area contributed by atoms with E-state index in [9.17, 15) is 9.59 Å². The predicted molar refractivity (Wildman–Crippen MR) is 65.9 cm³/mol. The quantitative estimate of drug-likeness (QED) is 0.479. The van der Waals surface area contributed by atoms with Crippen LogP contribution in [0.1, 0.15) is 19.8 Å². The molecule has 0 spiro atoms. The molecular weight excluding hydrogens is 238 g/mol. The Kier molecular flexibility index (Phi) is 6.86. The highest BCUT2D eigenvalue weighted by atomic mass is 16.5. The third kappa shape index (κ3) is 8.95. The van der Waals surface area contributed by atoms with Crippen LogP contribution in [0.15, 0.2) is 0 Å². The summed E-state index contributed by atoms with van der Waals surface area (Å²) in [6.07, 6.45) is -0.737. The molecule has 6 heteroatoms. The molecule has 0 aliphatic rings. The van der Waals surface area contributed by atoms with Crippen molar-refractivity contribution in [3.63, 3.8) is 0 Å². The first-order valence-corrected chi connectivity index (χ1v) is 5.96. The molecule has 0 bridgehead atoms. The van der Waals surface area contributed by atoms with E-state index in [1.54, 1.807) is 6.92 Å². The Morgan fingerprint density at radius 3 is 2.17 bits per heavy atom. The van der Waals surface area contributed by atoms with Gasteiger partial charge in [-0.2, -0.15) is 0 Å². The summed E-state index contributed by atoms with van der Waals surface area (Å²) in [7, 11) is 5.71. The fourth-order valence-electron chi connectivity index (χ4n) is 1.53. The van der Waals surface area contributed by atoms with Crippen LogP contribution in [-0.2, 0) is 14.3 Å². The van der Waals surface area contributed by atoms with Gasteiger partial charge in [0, 0.05) is 6.61 Å². The van der Waals surface area contributed by atoms with Crippen molar-refractivity contribution >= 4 is 11.9 Å². The van der Waals surface area contributed by atoms with Gasteiger partial charge in [0.25, 0.3) is 0 Å². The lowest BCUT2D eigenvalue weighted by molar-refractivity contribution is -0.873. The minimum atomic E-state index is -0.989. The van der Waals surface area contributed by atoms with Crippen molar-refractivity contribution in [2.24, 2.45) is 5.92 Å². The van der Waals surface area contributed by atoms with Gasteiger partial charge in [-0.1, -0.05) is 6.92 Å². The number of rotatable bonds is 8. The predicted octanol–water partition coefficient (Wildman–Crippen LogP) is 0.0976. The molecule has 0 amide bonds. The molecule has 0 heterocycles. The molecule has 0 radical (unpaired) electrons. The average Bonchev–Trinajstić information content (AvgIpc) is 2.12. The normalized spacial score (nSPS) is 14.9. The first-order chi connectivity index (χ1) is 8.14. The molecule has 0 aliphatic carbocycles. The summed E-state index contributed by atoms with van der Waals surface area (Å²) in [4.78, 5) is 22.3. The summed E-state index contributed by atoms with van der Waals surface area (Å²) in [6.45, 7) is 2.08. The Labute approximate surface area is 108 Å². The molecule has 0 aromatic rings. The maximum Gasteiger partial charge on any atom is 0.307 e. The second-order valence-electron chi connectivity index (χ2n) is 5.67. The Morgan fingerprint density at radius 1 is 1.22 bits per heavy atom. The molecule has 106 valence electrons. The van der Waals surface area contributed by atoms with Gasteiger partial charge >= 0.3 is 11.9 Å². The topological polar surface area (TPSA) is 83.8 Å². The molecule has 6 nitrogen and oxygen atoms in total. The van der Waals surface area contributed by atoms with Gasteiger partial charge in [0.15, 0.2) is 6.10 Å². The van der Waals surface area contributed by atoms with Crippen LogP contribution in [0.4, 0.5) is 0 Å². The van der Waals surface area contributed by atoms with Crippen molar-refractivity contribution in [3.05, 3.63) is 0 Å². The minimum Gasteiger partial charge on any atom is -0.481 e. The fraction of sp³-hybridized carbons (Fsp3) is 0.833. The van der Waals surface area contributed by atoms with Crippen LogP contribution in [-0.4, -0.2) is 67.0 Å². The van der Waals surface area contributed by atoms with Crippen molar-refractivity contribution in [1.82, 2.24) is 0 Å². The molecule has 0 rings (SSSR count). The van der Waals surface area contributed by atoms with Gasteiger partial charge in [0.05, 0.1) is 34.0 Å². The van der Waals surface area contributed by atoms with E-state index in [0.717, 1.165) is 0 Å². The van der Waals surface area contributed by atoms with Crippen LogP contribution < -0.4 is 0 Å². The number of ether oxygens (including phenoxy) is 1. The van der Waals surface area contributed by atoms with E-state index in [1.807, 2.05) is 21.1 Å². The molecule has 0 fully saturated rings. The SMILES string of the molecule is C[C@H](CO)CC(=O)O[C@@H](CC(=O)O)C[N+](C)(C)C. The number of carboxylic acids is 1. The largest absolute Gasteiger partial charge is 0.481 e. The third-order valence-corrected chi connectivity index (χ3v) is 2.28. The summed E-state index contributed by atoms with van der Waals surface area (Å²) in [5.41, 5.74) is 0. The maximum absolute atomic E-state index is 11.6. The van der Waals surface area contributed by atoms with E-state index in [4.69, 9.17) is 14.9 Å². The molecule has 18 heavy (non-hydrogen) atoms. The second-order valence-corrected chi connectivity index (χ2v) is 5.67. The van der Waals surface area contributed by atoms with Gasteiger partial charge < -0.3 is 19.4 Å². The highest BCUT2D eigenvalue weighted by Gasteiger charge is 2.25. The second kappa shape index (κ2) is 7.33. The zero-order valence-electron chi connectivity index (χ0n) is 11.5. The number of hydrogen-bond donors (Lipinski definition) is 2. The van der Waals surface area contributed by atoms with Crippen LogP contribution in [0.2, 0.25) is 0 Å². The summed E-state index contributed by atoms with van der Waals surface area (Å²) < 4.78 is 5.68.